The summed E-state index contributed by atoms with van der Waals surface area (Å²) in [6.07, 6.45) is -1.11. The van der Waals surface area contributed by atoms with E-state index in [1.165, 1.54) is 19.4 Å². The fourth-order valence-corrected chi connectivity index (χ4v) is 9.64. The largest absolute Gasteiger partial charge is 0.573 e. The van der Waals surface area contributed by atoms with Gasteiger partial charge in [0.05, 0.1) is 53.5 Å². The van der Waals surface area contributed by atoms with E-state index in [0.717, 1.165) is 6.07 Å². The summed E-state index contributed by atoms with van der Waals surface area (Å²) in [7, 11) is 1.26. The summed E-state index contributed by atoms with van der Waals surface area (Å²) in [5.41, 5.74) is 1.20. The normalized spacial score (nSPS) is 22.8. The molecule has 4 aromatic rings. The first kappa shape index (κ1) is 49.0. The van der Waals surface area contributed by atoms with Crippen LogP contribution in [0.2, 0.25) is 5.02 Å². The van der Waals surface area contributed by atoms with E-state index in [4.69, 9.17) is 21.1 Å². The lowest BCUT2D eigenvalue weighted by Gasteiger charge is -2.42. The van der Waals surface area contributed by atoms with E-state index >= 15 is 0 Å². The molecule has 5 heterocycles. The molecule has 360 valence electrons. The van der Waals surface area contributed by atoms with Gasteiger partial charge in [-0.3, -0.25) is 14.4 Å². The van der Waals surface area contributed by atoms with E-state index in [9.17, 15) is 32.3 Å². The number of likely N-dealkylation sites (tertiary alicyclic amines) is 1. The Hall–Kier alpha value is -5.88. The molecular formula is C48H58ClF3N8O7. The van der Waals surface area contributed by atoms with Gasteiger partial charge in [0.15, 0.2) is 0 Å². The Balaban J connectivity index is 1.06. The Bertz CT molecular complexity index is 2430. The number of nitrogens with zero attached hydrogens (tertiary/aromatic N) is 5. The number of rotatable bonds is 10. The molecule has 3 saturated heterocycles. The van der Waals surface area contributed by atoms with E-state index in [-0.39, 0.29) is 63.7 Å². The lowest BCUT2D eigenvalue weighted by Crippen LogP contribution is -2.56. The number of hydrogen-bond acceptors (Lipinski definition) is 10. The number of hydrogen-bond donors (Lipinski definition) is 3. The fraction of sp³-hybridized carbons (Fsp3) is 0.500. The number of alkyl halides is 3. The van der Waals surface area contributed by atoms with E-state index in [1.54, 1.807) is 47.5 Å². The van der Waals surface area contributed by atoms with Crippen LogP contribution in [0.4, 0.5) is 29.5 Å². The standard InChI is InChI=1S/C48H58ClF3N8O7/c1-26-17-38(60(24-26)44(62)41(57-46(64)65-8)33-18-28(3)66-29(4)19-33)42-54-23-37(55-42)31-11-9-30(10-12-31)34-20-35(49)36(21-39(34)67-48(50,51)52)56-43(61)32-13-14-40(53-22-32)59-16-15-58(25-27(59)2)45(63)47(5,6)7/h9-14,20-23,26-29,33,38,41H,15-19,24-25H2,1-8H3,(H,54,55)(H,56,61)(H,57,64). The van der Waals surface area contributed by atoms with Crippen LogP contribution in [0.5, 0.6) is 5.75 Å². The summed E-state index contributed by atoms with van der Waals surface area (Å²) in [5.74, 6) is -0.242. The van der Waals surface area contributed by atoms with Gasteiger partial charge in [0.25, 0.3) is 5.91 Å². The van der Waals surface area contributed by atoms with Crippen molar-refractivity contribution in [1.82, 2.24) is 30.1 Å². The molecule has 2 aromatic carbocycles. The number of halogens is 4. The van der Waals surface area contributed by atoms with Crippen LogP contribution in [0.15, 0.2) is 60.9 Å². The molecule has 15 nitrogen and oxygen atoms in total. The van der Waals surface area contributed by atoms with Gasteiger partial charge in [-0.25, -0.2) is 14.8 Å². The summed E-state index contributed by atoms with van der Waals surface area (Å²) in [6.45, 7) is 15.7. The van der Waals surface area contributed by atoms with Crippen molar-refractivity contribution >= 4 is 46.9 Å². The number of alkyl carbamates (subject to hydrolysis) is 1. The van der Waals surface area contributed by atoms with Crippen molar-refractivity contribution < 1.29 is 46.6 Å². The number of aromatic amines is 1. The van der Waals surface area contributed by atoms with Crippen LogP contribution >= 0.6 is 11.6 Å². The zero-order valence-electron chi connectivity index (χ0n) is 38.9. The van der Waals surface area contributed by atoms with Crippen LogP contribution in [-0.2, 0) is 19.1 Å². The highest BCUT2D eigenvalue weighted by Gasteiger charge is 2.44. The monoisotopic (exact) mass is 950 g/mol. The number of anilines is 2. The maximum absolute atomic E-state index is 14.3. The number of imidazole rings is 1. The molecule has 3 aliphatic rings. The summed E-state index contributed by atoms with van der Waals surface area (Å²) in [4.78, 5) is 71.2. The number of nitrogens with one attached hydrogen (secondary N) is 3. The number of H-pyrrole nitrogens is 1. The highest BCUT2D eigenvalue weighted by molar-refractivity contribution is 6.34. The van der Waals surface area contributed by atoms with Crippen LogP contribution in [0.25, 0.3) is 22.4 Å². The van der Waals surface area contributed by atoms with Crippen LogP contribution in [0, 0.1) is 17.3 Å². The zero-order chi connectivity index (χ0) is 48.5. The summed E-state index contributed by atoms with van der Waals surface area (Å²) >= 11 is 6.63. The van der Waals surface area contributed by atoms with Crippen molar-refractivity contribution in [2.45, 2.75) is 104 Å². The van der Waals surface area contributed by atoms with Crippen LogP contribution in [0.1, 0.15) is 90.0 Å². The van der Waals surface area contributed by atoms with Gasteiger partial charge in [0.2, 0.25) is 11.8 Å². The average Bonchev–Trinajstić information content (AvgIpc) is 3.92. The molecule has 19 heteroatoms. The molecule has 6 atom stereocenters. The van der Waals surface area contributed by atoms with Gasteiger partial charge in [0.1, 0.15) is 23.4 Å². The molecule has 4 amide bonds. The topological polar surface area (TPSA) is 171 Å². The zero-order valence-corrected chi connectivity index (χ0v) is 39.6. The predicted molar refractivity (Wildman–Crippen MR) is 246 cm³/mol. The van der Waals surface area contributed by atoms with Crippen LogP contribution in [0.3, 0.4) is 0 Å². The van der Waals surface area contributed by atoms with E-state index in [2.05, 4.69) is 35.2 Å². The minimum absolute atomic E-state index is 0.0270. The Morgan fingerprint density at radius 1 is 0.896 bits per heavy atom. The molecule has 3 N–H and O–H groups in total. The molecule has 2 aromatic heterocycles. The molecule has 0 aliphatic carbocycles. The minimum Gasteiger partial charge on any atom is -0.453 e. The third-order valence-electron chi connectivity index (χ3n) is 12.5. The quantitative estimate of drug-likeness (QED) is 0.140. The first-order valence-electron chi connectivity index (χ1n) is 22.5. The third kappa shape index (κ3) is 11.5. The molecule has 0 saturated carbocycles. The van der Waals surface area contributed by atoms with E-state index < -0.39 is 41.6 Å². The van der Waals surface area contributed by atoms with Gasteiger partial charge in [-0.05, 0) is 81.2 Å². The summed E-state index contributed by atoms with van der Waals surface area (Å²) in [6, 6.07) is 11.0. The van der Waals surface area contributed by atoms with Gasteiger partial charge in [0, 0.05) is 55.5 Å². The van der Waals surface area contributed by atoms with Crippen LogP contribution < -0.4 is 20.3 Å². The fourth-order valence-electron chi connectivity index (χ4n) is 9.43. The molecule has 0 radical (unpaired) electrons. The van der Waals surface area contributed by atoms with Crippen molar-refractivity contribution in [3.05, 3.63) is 77.3 Å². The molecule has 6 unspecified atom stereocenters. The van der Waals surface area contributed by atoms with Gasteiger partial charge < -0.3 is 44.5 Å². The Labute approximate surface area is 393 Å². The first-order valence-corrected chi connectivity index (χ1v) is 22.8. The van der Waals surface area contributed by atoms with Gasteiger partial charge in [-0.1, -0.05) is 63.6 Å². The van der Waals surface area contributed by atoms with Crippen LogP contribution in [-0.4, -0.2) is 113 Å². The first-order chi connectivity index (χ1) is 31.6. The van der Waals surface area contributed by atoms with Crippen molar-refractivity contribution in [2.24, 2.45) is 17.3 Å². The Morgan fingerprint density at radius 3 is 2.19 bits per heavy atom. The lowest BCUT2D eigenvalue weighted by molar-refractivity contribution is -0.274. The molecule has 0 spiro atoms. The van der Waals surface area contributed by atoms with Crippen molar-refractivity contribution in [1.29, 1.82) is 0 Å². The number of ether oxygens (including phenoxy) is 3. The molecule has 3 fully saturated rings. The average molecular weight is 951 g/mol. The number of amides is 4. The maximum atomic E-state index is 14.3. The number of piperazine rings is 1. The number of benzene rings is 2. The smallest absolute Gasteiger partial charge is 0.453 e. The van der Waals surface area contributed by atoms with E-state index in [1.807, 2.05) is 53.4 Å². The number of carbonyl (C=O) groups is 4. The molecule has 67 heavy (non-hydrogen) atoms. The van der Waals surface area contributed by atoms with Crippen molar-refractivity contribution in [3.8, 4) is 28.1 Å². The Morgan fingerprint density at radius 2 is 1.58 bits per heavy atom. The number of carbonyl (C=O) groups excluding carboxylic acids is 4. The van der Waals surface area contributed by atoms with Crippen molar-refractivity contribution in [2.75, 3.05) is 43.5 Å². The van der Waals surface area contributed by atoms with Gasteiger partial charge in [-0.2, -0.15) is 0 Å². The number of aromatic nitrogens is 3. The van der Waals surface area contributed by atoms with E-state index in [0.29, 0.717) is 73.9 Å². The molecule has 7 rings (SSSR count). The second-order valence-electron chi connectivity index (χ2n) is 19.0. The highest BCUT2D eigenvalue weighted by atomic mass is 35.5. The molecule has 0 bridgehead atoms. The summed E-state index contributed by atoms with van der Waals surface area (Å²) in [5, 5.41) is 5.36. The highest BCUT2D eigenvalue weighted by Crippen LogP contribution is 2.42. The molecule has 3 aliphatic heterocycles. The number of methoxy groups -OCH3 is 1. The maximum Gasteiger partial charge on any atom is 0.573 e. The van der Waals surface area contributed by atoms with Crippen molar-refractivity contribution in [3.63, 3.8) is 0 Å². The van der Waals surface area contributed by atoms with Gasteiger partial charge >= 0.3 is 12.5 Å². The minimum atomic E-state index is -5.07. The SMILES string of the molecule is COC(=O)NC(C(=O)N1CC(C)CC1c1ncc(-c2ccc(-c3cc(Cl)c(NC(=O)c4ccc(N5CCN(C(=O)C(C)(C)C)CC5C)nc4)cc3OC(F)(F)F)cc2)[nH]1)C1CC(C)OC(C)C1. The number of pyridine rings is 1. The lowest BCUT2D eigenvalue weighted by atomic mass is 9.85. The second kappa shape index (κ2) is 19.8. The molecular weight excluding hydrogens is 893 g/mol. The predicted octanol–water partition coefficient (Wildman–Crippen LogP) is 8.86. The second-order valence-corrected chi connectivity index (χ2v) is 19.4. The van der Waals surface area contributed by atoms with Gasteiger partial charge in [-0.15, -0.1) is 13.2 Å². The third-order valence-corrected chi connectivity index (χ3v) is 12.9. The Kier molecular flexibility index (Phi) is 14.5. The summed E-state index contributed by atoms with van der Waals surface area (Å²) < 4.78 is 56.8.